The lowest BCUT2D eigenvalue weighted by Crippen LogP contribution is -2.30. The second kappa shape index (κ2) is 9.81. The van der Waals surface area contributed by atoms with Gasteiger partial charge in [-0.25, -0.2) is 4.79 Å². The number of benzene rings is 1. The number of amides is 3. The Morgan fingerprint density at radius 2 is 1.88 bits per heavy atom. The van der Waals surface area contributed by atoms with Crippen molar-refractivity contribution in [3.05, 3.63) is 45.8 Å². The number of carbonyl (C=O) groups is 4. The summed E-state index contributed by atoms with van der Waals surface area (Å²) in [5.74, 6) is -1.44. The lowest BCUT2D eigenvalue weighted by Gasteiger charge is -2.25. The van der Waals surface area contributed by atoms with Crippen molar-refractivity contribution in [2.75, 3.05) is 30.4 Å². The number of imide groups is 1. The molecule has 1 N–H and O–H groups in total. The molecule has 3 amide bonds. The van der Waals surface area contributed by atoms with Crippen LogP contribution in [0.3, 0.4) is 0 Å². The molecule has 0 spiro atoms. The number of hydrogen-bond acceptors (Lipinski definition) is 7. The van der Waals surface area contributed by atoms with Crippen molar-refractivity contribution in [3.63, 3.8) is 0 Å². The Kier molecular flexibility index (Phi) is 7.33. The van der Waals surface area contributed by atoms with Crippen LogP contribution in [0.2, 0.25) is 0 Å². The van der Waals surface area contributed by atoms with Gasteiger partial charge in [0.1, 0.15) is 5.00 Å². The minimum absolute atomic E-state index is 0. The van der Waals surface area contributed by atoms with Crippen LogP contribution in [0.4, 0.5) is 10.7 Å². The largest absolute Gasteiger partial charge is 0.465 e. The molecule has 1 saturated heterocycles. The minimum atomic E-state index is -0.472. The Labute approximate surface area is 195 Å². The van der Waals surface area contributed by atoms with E-state index in [0.29, 0.717) is 28.2 Å². The fourth-order valence-electron chi connectivity index (χ4n) is 3.96. The normalized spacial score (nSPS) is 15.9. The molecule has 10 heteroatoms. The van der Waals surface area contributed by atoms with E-state index in [1.54, 1.807) is 18.2 Å². The summed E-state index contributed by atoms with van der Waals surface area (Å²) < 4.78 is 4.97. The van der Waals surface area contributed by atoms with Gasteiger partial charge in [-0.15, -0.1) is 23.7 Å². The molecule has 32 heavy (non-hydrogen) atoms. The van der Waals surface area contributed by atoms with Gasteiger partial charge in [-0.1, -0.05) is 13.0 Å². The number of esters is 1. The summed E-state index contributed by atoms with van der Waals surface area (Å²) in [5.41, 5.74) is 2.01. The summed E-state index contributed by atoms with van der Waals surface area (Å²) in [6.45, 7) is 4.57. The Balaban J connectivity index is 0.00000289. The van der Waals surface area contributed by atoms with Gasteiger partial charge in [0, 0.05) is 36.4 Å². The Morgan fingerprint density at radius 3 is 2.53 bits per heavy atom. The zero-order valence-electron chi connectivity index (χ0n) is 17.8. The number of fused-ring (bicyclic) bond motifs is 1. The van der Waals surface area contributed by atoms with Crippen LogP contribution in [0.1, 0.15) is 50.9 Å². The van der Waals surface area contributed by atoms with Crippen molar-refractivity contribution >= 4 is 58.1 Å². The molecule has 0 bridgehead atoms. The number of nitrogens with zero attached hydrogens (tertiary/aromatic N) is 2. The molecule has 2 aliphatic rings. The molecule has 0 unspecified atom stereocenters. The van der Waals surface area contributed by atoms with E-state index in [0.717, 1.165) is 35.0 Å². The highest BCUT2D eigenvalue weighted by atomic mass is 35.5. The fraction of sp³-hybridized carbons (Fsp3) is 0.364. The van der Waals surface area contributed by atoms with Crippen molar-refractivity contribution < 1.29 is 23.9 Å². The monoisotopic (exact) mass is 477 g/mol. The van der Waals surface area contributed by atoms with Crippen LogP contribution >= 0.6 is 23.7 Å². The van der Waals surface area contributed by atoms with Crippen molar-refractivity contribution in [1.29, 1.82) is 0 Å². The summed E-state index contributed by atoms with van der Waals surface area (Å²) in [5, 5.41) is 3.30. The molecular weight excluding hydrogens is 454 g/mol. The standard InChI is InChI=1S/C22H23N3O5S.ClH/c1-3-24-10-9-15-16(12-24)31-21(19(15)22(29)30-2)23-20(28)13-5-4-6-14(11-13)25-17(26)7-8-18(25)27;/h4-6,11H,3,7-10,12H2,1-2H3,(H,23,28);1H. The van der Waals surface area contributed by atoms with Crippen molar-refractivity contribution in [2.45, 2.75) is 32.7 Å². The molecule has 1 aromatic carbocycles. The highest BCUT2D eigenvalue weighted by molar-refractivity contribution is 7.17. The van der Waals surface area contributed by atoms with Crippen molar-refractivity contribution in [1.82, 2.24) is 4.90 Å². The Hall–Kier alpha value is -2.75. The lowest BCUT2D eigenvalue weighted by molar-refractivity contribution is -0.121. The van der Waals surface area contributed by atoms with Gasteiger partial charge in [-0.05, 0) is 36.7 Å². The molecular formula is C22H24ClN3O5S. The zero-order chi connectivity index (χ0) is 22.1. The number of thiophene rings is 1. The zero-order valence-corrected chi connectivity index (χ0v) is 19.4. The predicted octanol–water partition coefficient (Wildman–Crippen LogP) is 3.24. The first-order valence-corrected chi connectivity index (χ1v) is 11.0. The molecule has 0 radical (unpaired) electrons. The van der Waals surface area contributed by atoms with Gasteiger partial charge >= 0.3 is 5.97 Å². The molecule has 1 fully saturated rings. The molecule has 0 atom stereocenters. The van der Waals surface area contributed by atoms with Gasteiger partial charge in [-0.2, -0.15) is 0 Å². The third-order valence-corrected chi connectivity index (χ3v) is 6.75. The van der Waals surface area contributed by atoms with Gasteiger partial charge in [0.2, 0.25) is 11.8 Å². The topological polar surface area (TPSA) is 96.0 Å². The van der Waals surface area contributed by atoms with E-state index in [-0.39, 0.29) is 37.1 Å². The fourth-order valence-corrected chi connectivity index (χ4v) is 5.23. The second-order valence-electron chi connectivity index (χ2n) is 7.45. The van der Waals surface area contributed by atoms with Gasteiger partial charge in [0.05, 0.1) is 18.4 Å². The number of methoxy groups -OCH3 is 1. The average molecular weight is 478 g/mol. The molecule has 3 heterocycles. The van der Waals surface area contributed by atoms with E-state index in [9.17, 15) is 19.2 Å². The SMILES string of the molecule is CCN1CCc2c(sc(NC(=O)c3cccc(N4C(=O)CCC4=O)c3)c2C(=O)OC)C1.Cl. The number of hydrogen-bond donors (Lipinski definition) is 1. The number of likely N-dealkylation sites (N-methyl/N-ethyl adjacent to an activating group) is 1. The summed E-state index contributed by atoms with van der Waals surface area (Å²) in [6.07, 6.45) is 1.06. The molecule has 4 rings (SSSR count). The maximum Gasteiger partial charge on any atom is 0.341 e. The van der Waals surface area contributed by atoms with Crippen LogP contribution in [0, 0.1) is 0 Å². The Bertz CT molecular complexity index is 1070. The van der Waals surface area contributed by atoms with Gasteiger partial charge < -0.3 is 10.1 Å². The van der Waals surface area contributed by atoms with Gasteiger partial charge in [0.25, 0.3) is 5.91 Å². The first-order valence-electron chi connectivity index (χ1n) is 10.1. The summed E-state index contributed by atoms with van der Waals surface area (Å²) in [6, 6.07) is 6.37. The van der Waals surface area contributed by atoms with E-state index in [2.05, 4.69) is 17.1 Å². The van der Waals surface area contributed by atoms with Crippen LogP contribution in [-0.2, 0) is 27.3 Å². The minimum Gasteiger partial charge on any atom is -0.465 e. The lowest BCUT2D eigenvalue weighted by atomic mass is 10.0. The quantitative estimate of drug-likeness (QED) is 0.524. The molecule has 0 aliphatic carbocycles. The van der Waals surface area contributed by atoms with E-state index >= 15 is 0 Å². The van der Waals surface area contributed by atoms with Crippen LogP contribution in [-0.4, -0.2) is 48.8 Å². The van der Waals surface area contributed by atoms with Gasteiger partial charge in [0.15, 0.2) is 0 Å². The molecule has 1 aromatic heterocycles. The molecule has 170 valence electrons. The maximum atomic E-state index is 13.0. The summed E-state index contributed by atoms with van der Waals surface area (Å²) in [7, 11) is 1.33. The van der Waals surface area contributed by atoms with E-state index < -0.39 is 11.9 Å². The predicted molar refractivity (Wildman–Crippen MR) is 124 cm³/mol. The van der Waals surface area contributed by atoms with Crippen LogP contribution in [0.15, 0.2) is 24.3 Å². The number of halogens is 1. The van der Waals surface area contributed by atoms with Crippen LogP contribution < -0.4 is 10.2 Å². The number of carbonyl (C=O) groups excluding carboxylic acids is 4. The highest BCUT2D eigenvalue weighted by Gasteiger charge is 2.31. The maximum absolute atomic E-state index is 13.0. The number of anilines is 2. The third-order valence-electron chi connectivity index (χ3n) is 5.62. The molecule has 8 nitrogen and oxygen atoms in total. The van der Waals surface area contributed by atoms with Gasteiger partial charge in [-0.3, -0.25) is 24.2 Å². The molecule has 2 aromatic rings. The highest BCUT2D eigenvalue weighted by Crippen LogP contribution is 2.38. The van der Waals surface area contributed by atoms with E-state index in [1.807, 2.05) is 0 Å². The Morgan fingerprint density at radius 1 is 1.16 bits per heavy atom. The smallest absolute Gasteiger partial charge is 0.341 e. The van der Waals surface area contributed by atoms with Crippen molar-refractivity contribution in [2.24, 2.45) is 0 Å². The van der Waals surface area contributed by atoms with Crippen LogP contribution in [0.5, 0.6) is 0 Å². The first-order chi connectivity index (χ1) is 14.9. The first kappa shape index (κ1) is 23.9. The van der Waals surface area contributed by atoms with Crippen molar-refractivity contribution in [3.8, 4) is 0 Å². The van der Waals surface area contributed by atoms with Crippen LogP contribution in [0.25, 0.3) is 0 Å². The number of ether oxygens (including phenoxy) is 1. The third kappa shape index (κ3) is 4.41. The summed E-state index contributed by atoms with van der Waals surface area (Å²) in [4.78, 5) is 53.9. The van der Waals surface area contributed by atoms with E-state index in [4.69, 9.17) is 4.74 Å². The van der Waals surface area contributed by atoms with E-state index in [1.165, 1.54) is 24.5 Å². The second-order valence-corrected chi connectivity index (χ2v) is 8.55. The molecule has 0 saturated carbocycles. The molecule has 2 aliphatic heterocycles. The summed E-state index contributed by atoms with van der Waals surface area (Å²) >= 11 is 1.38. The number of rotatable bonds is 5. The number of nitrogens with one attached hydrogen (secondary N) is 1. The average Bonchev–Trinajstić information content (AvgIpc) is 3.31.